The Hall–Kier alpha value is -11.3. The number of hydrogen-bond donors (Lipinski definition) is 0. The summed E-state index contributed by atoms with van der Waals surface area (Å²) in [4.78, 5) is 43.8. The van der Waals surface area contributed by atoms with Crippen LogP contribution in [0.25, 0.3) is 43.1 Å². The molecule has 462 valence electrons. The van der Waals surface area contributed by atoms with Crippen molar-refractivity contribution in [3.05, 3.63) is 246 Å². The van der Waals surface area contributed by atoms with E-state index in [2.05, 4.69) is 222 Å². The molecule has 0 saturated carbocycles. The van der Waals surface area contributed by atoms with Gasteiger partial charge >= 0.3 is 11.8 Å². The van der Waals surface area contributed by atoms with Gasteiger partial charge in [0.2, 0.25) is 45.2 Å². The average molecular weight is 1240 g/mol. The van der Waals surface area contributed by atoms with Crippen molar-refractivity contribution in [2.45, 2.75) is 115 Å². The van der Waals surface area contributed by atoms with Crippen molar-refractivity contribution >= 4 is 113 Å². The molecule has 2 unspecified atom stereocenters. The van der Waals surface area contributed by atoms with E-state index in [0.717, 1.165) is 181 Å². The third-order valence-corrected chi connectivity index (χ3v) is 20.0. The summed E-state index contributed by atoms with van der Waals surface area (Å²) in [6.07, 6.45) is 6.67. The molecule has 16 nitrogen and oxygen atoms in total. The number of aliphatic imine (C=N–C) groups is 4. The summed E-state index contributed by atoms with van der Waals surface area (Å²) in [5, 5.41) is 8.79. The highest BCUT2D eigenvalue weighted by Gasteiger charge is 2.72. The van der Waals surface area contributed by atoms with E-state index in [1.54, 1.807) is 0 Å². The zero-order chi connectivity index (χ0) is 63.9. The molecule has 0 amide bonds. The van der Waals surface area contributed by atoms with Gasteiger partial charge in [0.25, 0.3) is 46.7 Å². The molecule has 16 heterocycles. The van der Waals surface area contributed by atoms with E-state index in [1.807, 2.05) is 55.4 Å². The van der Waals surface area contributed by atoms with Crippen LogP contribution in [0.4, 0.5) is 23.3 Å². The maximum Gasteiger partial charge on any atom is 0.404 e. The first-order chi connectivity index (χ1) is 46.3. The number of benzene rings is 7. The maximum atomic E-state index is 5.52. The minimum Gasteiger partial charge on any atom is -0.192 e. The molecule has 0 bridgehead atoms. The Morgan fingerprint density at radius 1 is 0.295 bits per heavy atom. The predicted molar refractivity (Wildman–Crippen MR) is 379 cm³/mol. The van der Waals surface area contributed by atoms with Crippen LogP contribution >= 0.6 is 0 Å². The van der Waals surface area contributed by atoms with Crippen LogP contribution < -0.4 is 22.0 Å². The van der Waals surface area contributed by atoms with Crippen molar-refractivity contribution in [3.63, 3.8) is 0 Å². The smallest absolute Gasteiger partial charge is 0.192 e. The van der Waals surface area contributed by atoms with Crippen LogP contribution in [0.3, 0.4) is 0 Å². The Labute approximate surface area is 548 Å². The van der Waals surface area contributed by atoms with Gasteiger partial charge in [-0.25, -0.2) is 0 Å². The molecule has 2 spiro atoms. The van der Waals surface area contributed by atoms with Crippen LogP contribution in [-0.4, -0.2) is 83.3 Å². The Morgan fingerprint density at radius 3 is 1.21 bits per heavy atom. The number of hydrogen-bond acceptors (Lipinski definition) is 8. The lowest BCUT2D eigenvalue weighted by atomic mass is 9.98. The second kappa shape index (κ2) is 19.4. The zero-order valence-corrected chi connectivity index (χ0v) is 54.6. The summed E-state index contributed by atoms with van der Waals surface area (Å²) in [6.45, 7) is 24.6. The van der Waals surface area contributed by atoms with E-state index in [4.69, 9.17) is 39.9 Å². The molecular formula is C79H70N16+4. The number of nitrogens with zero attached hydrogens (tertiary/aromatic N) is 16. The number of rotatable bonds is 0. The molecule has 0 saturated heterocycles. The highest BCUT2D eigenvalue weighted by Crippen LogP contribution is 2.55. The fourth-order valence-corrected chi connectivity index (χ4v) is 16.6. The van der Waals surface area contributed by atoms with Crippen molar-refractivity contribution in [2.24, 2.45) is 39.9 Å². The maximum absolute atomic E-state index is 5.52. The molecule has 2 atom stereocenters. The SMILES string of the molecule is C.C1=C2C(=CCC1)C1=[N+]3C2=Nc2c4ccccc4c4n2C32n3c(c5ccccc5c3=NC3=[N+]2C(=N4)c2ccccc23)=N1.CC.CC.CC.CC.Cc1ccc2c(c1)C1=Nc3c4ccc(C)cc4c4n3C35n6c(c7ccc(C)cc7c6=NC2=[N+]13)=NC1=[N+]5C(=N4)c2ccc(C)cc21. The lowest BCUT2D eigenvalue weighted by Crippen LogP contribution is -2.71. The van der Waals surface area contributed by atoms with Gasteiger partial charge in [-0.1, -0.05) is 198 Å². The number of aryl methyl sites for hydroxylation is 4. The highest BCUT2D eigenvalue weighted by atomic mass is 15.7. The van der Waals surface area contributed by atoms with Crippen molar-refractivity contribution in [1.29, 1.82) is 0 Å². The third-order valence-electron chi connectivity index (χ3n) is 20.0. The molecule has 0 fully saturated rings. The monoisotopic (exact) mass is 1240 g/mol. The molecule has 24 rings (SSSR count). The van der Waals surface area contributed by atoms with Crippen molar-refractivity contribution in [1.82, 2.24) is 18.3 Å². The summed E-state index contributed by atoms with van der Waals surface area (Å²) < 4.78 is 18.9. The van der Waals surface area contributed by atoms with Gasteiger partial charge in [-0.2, -0.15) is 18.3 Å². The quantitative estimate of drug-likeness (QED) is 0.134. The van der Waals surface area contributed by atoms with Gasteiger partial charge in [0.1, 0.15) is 0 Å². The Morgan fingerprint density at radius 2 is 0.642 bits per heavy atom. The molecule has 12 aliphatic heterocycles. The summed E-state index contributed by atoms with van der Waals surface area (Å²) in [5.74, 6) is 9.16. The largest absolute Gasteiger partial charge is 0.404 e. The van der Waals surface area contributed by atoms with Crippen LogP contribution in [0.15, 0.2) is 209 Å². The van der Waals surface area contributed by atoms with Gasteiger partial charge in [0, 0.05) is 43.1 Å². The van der Waals surface area contributed by atoms with Crippen molar-refractivity contribution < 1.29 is 18.3 Å². The molecule has 95 heavy (non-hydrogen) atoms. The normalized spacial score (nSPS) is 19.6. The van der Waals surface area contributed by atoms with E-state index < -0.39 is 11.8 Å². The average Bonchev–Trinajstić information content (AvgIpc) is 1.49. The first-order valence-electron chi connectivity index (χ1n) is 33.5. The van der Waals surface area contributed by atoms with Crippen molar-refractivity contribution in [2.75, 3.05) is 0 Å². The fraction of sp³-hybridized carbons (Fsp3) is 0.215. The van der Waals surface area contributed by atoms with E-state index in [9.17, 15) is 0 Å². The molecule has 7 aromatic carbocycles. The Balaban J connectivity index is 0.000000125. The standard InChI is InChI=1S/C37H24N8.C33H18N8.4C2H6.CH4/c1-17-5-9-21-25(13-17)33-38-30-22-10-6-18(2)14-26(22)35-40-32-24-12-8-20(4)16-28(24)36-41-31-23-11-7-19(3)15-27(23)34-39-29(21)42(33)37(43(30)35,44(31)34)45(32)36;1-2-10-18-17(9-1)25-34-27-19-11-3-4-12-20(19)29-36-31-23-15-7-8-16-24(23)32-37-30-22-14-6-5-13-21(22)28-35-26(18)38(25)33(39(27)29,40(28)30)41(31)32;4*1-2;/h5-16H,1-4H3;1-6,9-16H,7-8H2;4*1-2H3;1H4/q2*+2;;;;;. The van der Waals surface area contributed by atoms with Crippen LogP contribution in [0.2, 0.25) is 0 Å². The van der Waals surface area contributed by atoms with E-state index in [0.29, 0.717) is 0 Å². The zero-order valence-electron chi connectivity index (χ0n) is 54.6. The van der Waals surface area contributed by atoms with Crippen LogP contribution in [-0.2, 0) is 11.8 Å². The number of allylic oxidation sites excluding steroid dienone is 2. The number of aromatic nitrogens is 4. The fourth-order valence-electron chi connectivity index (χ4n) is 16.6. The molecule has 11 aromatic rings. The van der Waals surface area contributed by atoms with Gasteiger partial charge in [-0.05, 0) is 125 Å². The summed E-state index contributed by atoms with van der Waals surface area (Å²) >= 11 is 0. The summed E-state index contributed by atoms with van der Waals surface area (Å²) in [5.41, 5.74) is 17.3. The molecule has 4 aromatic heterocycles. The molecule has 0 radical (unpaired) electrons. The van der Waals surface area contributed by atoms with E-state index in [1.165, 1.54) is 33.4 Å². The third kappa shape index (κ3) is 6.29. The summed E-state index contributed by atoms with van der Waals surface area (Å²) in [6, 6.07) is 52.2. The Bertz CT molecular complexity index is 6180. The second-order valence-corrected chi connectivity index (χ2v) is 24.6. The predicted octanol–water partition coefficient (Wildman–Crippen LogP) is 13.6. The first-order valence-corrected chi connectivity index (χ1v) is 33.5. The summed E-state index contributed by atoms with van der Waals surface area (Å²) in [7, 11) is 0. The van der Waals surface area contributed by atoms with E-state index >= 15 is 0 Å². The molecule has 13 aliphatic rings. The Kier molecular flexibility index (Phi) is 11.5. The molecule has 0 N–H and O–H groups in total. The van der Waals surface area contributed by atoms with Gasteiger partial charge in [0.05, 0.1) is 44.5 Å². The van der Waals surface area contributed by atoms with Gasteiger partial charge in [-0.15, -0.1) is 18.3 Å². The topological polar surface area (TPSA) is 131 Å². The highest BCUT2D eigenvalue weighted by molar-refractivity contribution is 6.23. The van der Waals surface area contributed by atoms with E-state index in [-0.39, 0.29) is 7.43 Å². The van der Waals surface area contributed by atoms with Crippen LogP contribution in [0.1, 0.15) is 131 Å². The number of amidine groups is 8. The minimum atomic E-state index is -0.947. The first kappa shape index (κ1) is 56.5. The van der Waals surface area contributed by atoms with Gasteiger partial charge < -0.3 is 0 Å². The van der Waals surface area contributed by atoms with Gasteiger partial charge in [0.15, 0.2) is 0 Å². The van der Waals surface area contributed by atoms with Crippen LogP contribution in [0.5, 0.6) is 0 Å². The van der Waals surface area contributed by atoms with Crippen molar-refractivity contribution in [3.8, 4) is 0 Å². The van der Waals surface area contributed by atoms with Crippen LogP contribution in [0, 0.1) is 27.7 Å². The second-order valence-electron chi connectivity index (χ2n) is 24.6. The lowest BCUT2D eigenvalue weighted by molar-refractivity contribution is -0.791. The van der Waals surface area contributed by atoms with Gasteiger partial charge in [-0.3, -0.25) is 0 Å². The number of fused-ring (bicyclic) bond motifs is 24. The molecule has 1 aliphatic carbocycles. The minimum absolute atomic E-state index is 0. The lowest BCUT2D eigenvalue weighted by Gasteiger charge is -2.40. The molecule has 16 heteroatoms. The molecular weight excluding hydrogens is 1170 g/mol.